The molecule has 4 heteroatoms. The van der Waals surface area contributed by atoms with Gasteiger partial charge in [-0.2, -0.15) is 0 Å². The van der Waals surface area contributed by atoms with E-state index in [9.17, 15) is 9.18 Å². The van der Waals surface area contributed by atoms with Crippen LogP contribution in [0.25, 0.3) is 0 Å². The van der Waals surface area contributed by atoms with E-state index in [1.807, 2.05) is 0 Å². The van der Waals surface area contributed by atoms with Gasteiger partial charge in [0, 0.05) is 12.0 Å². The van der Waals surface area contributed by atoms with E-state index in [-0.39, 0.29) is 24.0 Å². The number of benzene rings is 1. The van der Waals surface area contributed by atoms with Crippen LogP contribution in [0.5, 0.6) is 0 Å². The predicted octanol–water partition coefficient (Wildman–Crippen LogP) is 2.42. The van der Waals surface area contributed by atoms with Gasteiger partial charge in [-0.1, -0.05) is 18.2 Å². The standard InChI is InChI=1S/C12H14FNO.ClH/c1-12(11(15)7-4-8-14-12)9-5-2-3-6-10(9)13;/h2-3,5-6,14H,4,7-8H2,1H3;1H. The molecule has 2 rings (SSSR count). The molecule has 1 aliphatic heterocycles. The summed E-state index contributed by atoms with van der Waals surface area (Å²) in [5, 5.41) is 3.11. The maximum absolute atomic E-state index is 13.6. The Morgan fingerprint density at radius 3 is 2.69 bits per heavy atom. The lowest BCUT2D eigenvalue weighted by Gasteiger charge is -2.34. The molecule has 1 aromatic carbocycles. The lowest BCUT2D eigenvalue weighted by atomic mass is 9.82. The summed E-state index contributed by atoms with van der Waals surface area (Å²) in [5.74, 6) is -0.249. The van der Waals surface area contributed by atoms with Crippen molar-refractivity contribution in [2.75, 3.05) is 6.54 Å². The Bertz CT molecular complexity index is 396. The smallest absolute Gasteiger partial charge is 0.157 e. The predicted molar refractivity (Wildman–Crippen MR) is 63.2 cm³/mol. The molecular formula is C12H15ClFNO. The van der Waals surface area contributed by atoms with Crippen molar-refractivity contribution in [2.45, 2.75) is 25.3 Å². The molecule has 1 aliphatic rings. The van der Waals surface area contributed by atoms with Gasteiger partial charge in [-0.3, -0.25) is 4.79 Å². The van der Waals surface area contributed by atoms with Gasteiger partial charge in [-0.05, 0) is 26.0 Å². The van der Waals surface area contributed by atoms with Crippen molar-refractivity contribution in [2.24, 2.45) is 0 Å². The summed E-state index contributed by atoms with van der Waals surface area (Å²) < 4.78 is 13.6. The second-order valence-corrected chi connectivity index (χ2v) is 4.06. The summed E-state index contributed by atoms with van der Waals surface area (Å²) in [6, 6.07) is 6.46. The molecule has 1 fully saturated rings. The molecule has 0 aliphatic carbocycles. The Hall–Kier alpha value is -0.930. The maximum Gasteiger partial charge on any atom is 0.157 e. The van der Waals surface area contributed by atoms with E-state index < -0.39 is 5.54 Å². The summed E-state index contributed by atoms with van der Waals surface area (Å²) in [6.07, 6.45) is 1.36. The topological polar surface area (TPSA) is 29.1 Å². The molecule has 1 N–H and O–H groups in total. The molecule has 1 aromatic rings. The summed E-state index contributed by atoms with van der Waals surface area (Å²) in [6.45, 7) is 2.52. The summed E-state index contributed by atoms with van der Waals surface area (Å²) in [5.41, 5.74) is -0.390. The van der Waals surface area contributed by atoms with Crippen molar-refractivity contribution in [3.05, 3.63) is 35.6 Å². The lowest BCUT2D eigenvalue weighted by Crippen LogP contribution is -2.50. The monoisotopic (exact) mass is 243 g/mol. The van der Waals surface area contributed by atoms with E-state index >= 15 is 0 Å². The molecule has 0 spiro atoms. The van der Waals surface area contributed by atoms with Crippen LogP contribution in [0.1, 0.15) is 25.3 Å². The van der Waals surface area contributed by atoms with Crippen molar-refractivity contribution in [3.63, 3.8) is 0 Å². The van der Waals surface area contributed by atoms with Gasteiger partial charge in [0.05, 0.1) is 0 Å². The first-order valence-electron chi connectivity index (χ1n) is 5.18. The van der Waals surface area contributed by atoms with Gasteiger partial charge >= 0.3 is 0 Å². The number of Topliss-reactive ketones (excluding diaryl/α,β-unsaturated/α-hetero) is 1. The average molecular weight is 244 g/mol. The first-order chi connectivity index (χ1) is 7.14. The van der Waals surface area contributed by atoms with Crippen molar-refractivity contribution in [1.29, 1.82) is 0 Å². The second-order valence-electron chi connectivity index (χ2n) is 4.06. The third-order valence-electron chi connectivity index (χ3n) is 3.03. The van der Waals surface area contributed by atoms with Gasteiger partial charge in [0.25, 0.3) is 0 Å². The first kappa shape index (κ1) is 13.1. The van der Waals surface area contributed by atoms with Crippen LogP contribution in [0.4, 0.5) is 4.39 Å². The van der Waals surface area contributed by atoms with Crippen LogP contribution in [0, 0.1) is 5.82 Å². The molecule has 1 atom stereocenters. The third-order valence-corrected chi connectivity index (χ3v) is 3.03. The van der Waals surface area contributed by atoms with E-state index in [4.69, 9.17) is 0 Å². The van der Waals surface area contributed by atoms with Crippen LogP contribution in [0.2, 0.25) is 0 Å². The van der Waals surface area contributed by atoms with Crippen molar-refractivity contribution < 1.29 is 9.18 Å². The van der Waals surface area contributed by atoms with E-state index in [0.717, 1.165) is 13.0 Å². The largest absolute Gasteiger partial charge is 0.301 e. The number of rotatable bonds is 1. The minimum atomic E-state index is -0.844. The molecular weight excluding hydrogens is 229 g/mol. The van der Waals surface area contributed by atoms with Crippen LogP contribution in [-0.2, 0) is 10.3 Å². The van der Waals surface area contributed by atoms with Gasteiger partial charge in [-0.15, -0.1) is 12.4 Å². The Kier molecular flexibility index (Phi) is 4.05. The minimum Gasteiger partial charge on any atom is -0.301 e. The maximum atomic E-state index is 13.6. The highest BCUT2D eigenvalue weighted by Gasteiger charge is 2.38. The van der Waals surface area contributed by atoms with Gasteiger partial charge in [-0.25, -0.2) is 4.39 Å². The molecule has 88 valence electrons. The highest BCUT2D eigenvalue weighted by molar-refractivity contribution is 5.90. The molecule has 1 heterocycles. The highest BCUT2D eigenvalue weighted by atomic mass is 35.5. The number of hydrogen-bond donors (Lipinski definition) is 1. The normalized spacial score (nSPS) is 25.0. The van der Waals surface area contributed by atoms with Crippen LogP contribution < -0.4 is 5.32 Å². The Morgan fingerprint density at radius 2 is 2.06 bits per heavy atom. The molecule has 16 heavy (non-hydrogen) atoms. The van der Waals surface area contributed by atoms with Crippen molar-refractivity contribution in [1.82, 2.24) is 5.32 Å². The van der Waals surface area contributed by atoms with Crippen LogP contribution in [0.3, 0.4) is 0 Å². The number of hydrogen-bond acceptors (Lipinski definition) is 2. The number of piperidine rings is 1. The zero-order valence-corrected chi connectivity index (χ0v) is 9.94. The first-order valence-corrected chi connectivity index (χ1v) is 5.18. The second kappa shape index (κ2) is 4.93. The number of ketones is 1. The van der Waals surface area contributed by atoms with Gasteiger partial charge in [0.2, 0.25) is 0 Å². The van der Waals surface area contributed by atoms with Gasteiger partial charge in [0.1, 0.15) is 11.4 Å². The van der Waals surface area contributed by atoms with Crippen LogP contribution in [0.15, 0.2) is 24.3 Å². The third kappa shape index (κ3) is 2.11. The Morgan fingerprint density at radius 1 is 1.38 bits per heavy atom. The summed E-state index contributed by atoms with van der Waals surface area (Å²) >= 11 is 0. The number of carbonyl (C=O) groups is 1. The van der Waals surface area contributed by atoms with E-state index in [1.54, 1.807) is 25.1 Å². The fraction of sp³-hybridized carbons (Fsp3) is 0.417. The highest BCUT2D eigenvalue weighted by Crippen LogP contribution is 2.28. The Balaban J connectivity index is 0.00000128. The quantitative estimate of drug-likeness (QED) is 0.821. The molecule has 0 amide bonds. The number of carbonyl (C=O) groups excluding carboxylic acids is 1. The number of halogens is 2. The molecule has 0 aromatic heterocycles. The molecule has 2 nitrogen and oxygen atoms in total. The molecule has 0 radical (unpaired) electrons. The van der Waals surface area contributed by atoms with Gasteiger partial charge < -0.3 is 5.32 Å². The van der Waals surface area contributed by atoms with Crippen LogP contribution in [-0.4, -0.2) is 12.3 Å². The van der Waals surface area contributed by atoms with Gasteiger partial charge in [0.15, 0.2) is 5.78 Å². The molecule has 1 unspecified atom stereocenters. The van der Waals surface area contributed by atoms with E-state index in [1.165, 1.54) is 6.07 Å². The minimum absolute atomic E-state index is 0. The molecule has 0 saturated carbocycles. The fourth-order valence-electron chi connectivity index (χ4n) is 2.05. The lowest BCUT2D eigenvalue weighted by molar-refractivity contribution is -0.127. The zero-order valence-electron chi connectivity index (χ0n) is 9.13. The molecule has 1 saturated heterocycles. The summed E-state index contributed by atoms with van der Waals surface area (Å²) in [4.78, 5) is 11.8. The zero-order chi connectivity index (χ0) is 10.9. The van der Waals surface area contributed by atoms with E-state index in [2.05, 4.69) is 5.32 Å². The SMILES string of the molecule is CC1(c2ccccc2F)NCCCC1=O.Cl. The van der Waals surface area contributed by atoms with Crippen molar-refractivity contribution in [3.8, 4) is 0 Å². The van der Waals surface area contributed by atoms with E-state index in [0.29, 0.717) is 12.0 Å². The molecule has 0 bridgehead atoms. The number of nitrogens with one attached hydrogen (secondary N) is 1. The summed E-state index contributed by atoms with van der Waals surface area (Å²) in [7, 11) is 0. The van der Waals surface area contributed by atoms with Crippen LogP contribution >= 0.6 is 12.4 Å². The Labute approximate surface area is 101 Å². The van der Waals surface area contributed by atoms with Crippen molar-refractivity contribution >= 4 is 18.2 Å². The fourth-order valence-corrected chi connectivity index (χ4v) is 2.05. The average Bonchev–Trinajstić information content (AvgIpc) is 2.23.